The number of nitrogens with one attached hydrogen (secondary N) is 1. The molecule has 130 valence electrons. The first-order chi connectivity index (χ1) is 12.2. The molecule has 5 rings (SSSR count). The van der Waals surface area contributed by atoms with E-state index < -0.39 is 0 Å². The van der Waals surface area contributed by atoms with Crippen LogP contribution >= 0.6 is 0 Å². The number of pyridine rings is 1. The summed E-state index contributed by atoms with van der Waals surface area (Å²) in [6.45, 7) is 2.35. The molecule has 4 nitrogen and oxygen atoms in total. The molecule has 2 aromatic heterocycles. The van der Waals surface area contributed by atoms with Crippen LogP contribution in [0.4, 0.5) is 0 Å². The van der Waals surface area contributed by atoms with E-state index in [1.165, 1.54) is 71.8 Å². The number of aromatic amines is 1. The van der Waals surface area contributed by atoms with Gasteiger partial charge in [0.05, 0.1) is 17.3 Å². The van der Waals surface area contributed by atoms with E-state index in [1.807, 2.05) is 0 Å². The molecule has 0 amide bonds. The SMILES string of the molecule is CN1CCC[C@H]1c1ncc([C@@H]2CCCN2C)c2c1[nH]c1ccccc12. The monoisotopic (exact) mass is 334 g/mol. The van der Waals surface area contributed by atoms with Crippen LogP contribution in [0.3, 0.4) is 0 Å². The number of likely N-dealkylation sites (tertiary alicyclic amines) is 2. The van der Waals surface area contributed by atoms with Crippen molar-refractivity contribution < 1.29 is 0 Å². The number of para-hydroxylation sites is 1. The molecule has 0 saturated carbocycles. The average Bonchev–Trinajstić information content (AvgIpc) is 3.32. The van der Waals surface area contributed by atoms with E-state index in [4.69, 9.17) is 4.98 Å². The molecule has 1 N–H and O–H groups in total. The van der Waals surface area contributed by atoms with E-state index in [1.54, 1.807) is 0 Å². The molecule has 2 aliphatic rings. The van der Waals surface area contributed by atoms with E-state index in [-0.39, 0.29) is 0 Å². The van der Waals surface area contributed by atoms with Gasteiger partial charge in [-0.3, -0.25) is 14.8 Å². The summed E-state index contributed by atoms with van der Waals surface area (Å²) >= 11 is 0. The van der Waals surface area contributed by atoms with Gasteiger partial charge in [-0.05, 0) is 64.5 Å². The quantitative estimate of drug-likeness (QED) is 0.761. The minimum Gasteiger partial charge on any atom is -0.353 e. The average molecular weight is 334 g/mol. The number of hydrogen-bond acceptors (Lipinski definition) is 3. The van der Waals surface area contributed by atoms with Crippen LogP contribution in [0, 0.1) is 0 Å². The highest BCUT2D eigenvalue weighted by Gasteiger charge is 2.30. The third-order valence-electron chi connectivity index (χ3n) is 6.31. The van der Waals surface area contributed by atoms with Gasteiger partial charge in [-0.1, -0.05) is 18.2 Å². The van der Waals surface area contributed by atoms with Gasteiger partial charge in [0, 0.05) is 28.5 Å². The fourth-order valence-electron chi connectivity index (χ4n) is 4.97. The van der Waals surface area contributed by atoms with Crippen molar-refractivity contribution in [3.63, 3.8) is 0 Å². The number of H-pyrrole nitrogens is 1. The summed E-state index contributed by atoms with van der Waals surface area (Å²) in [5.41, 5.74) is 5.12. The molecular formula is C21H26N4. The molecule has 2 aliphatic heterocycles. The van der Waals surface area contributed by atoms with Gasteiger partial charge in [0.1, 0.15) is 0 Å². The van der Waals surface area contributed by atoms with Gasteiger partial charge in [-0.2, -0.15) is 0 Å². The highest BCUT2D eigenvalue weighted by molar-refractivity contribution is 6.09. The van der Waals surface area contributed by atoms with Crippen LogP contribution in [-0.4, -0.2) is 47.0 Å². The van der Waals surface area contributed by atoms with Gasteiger partial charge in [0.2, 0.25) is 0 Å². The lowest BCUT2D eigenvalue weighted by molar-refractivity contribution is 0.311. The molecule has 0 bridgehead atoms. The van der Waals surface area contributed by atoms with Gasteiger partial charge in [-0.25, -0.2) is 0 Å². The first-order valence-electron chi connectivity index (χ1n) is 9.53. The van der Waals surface area contributed by atoms with Crippen LogP contribution in [0.15, 0.2) is 30.5 Å². The number of rotatable bonds is 2. The Kier molecular flexibility index (Phi) is 3.57. The van der Waals surface area contributed by atoms with Gasteiger partial charge in [0.15, 0.2) is 0 Å². The van der Waals surface area contributed by atoms with Crippen molar-refractivity contribution in [1.82, 2.24) is 19.8 Å². The second-order valence-electron chi connectivity index (χ2n) is 7.80. The van der Waals surface area contributed by atoms with Gasteiger partial charge in [0.25, 0.3) is 0 Å². The fourth-order valence-corrected chi connectivity index (χ4v) is 4.97. The van der Waals surface area contributed by atoms with E-state index in [0.717, 1.165) is 0 Å². The Morgan fingerprint density at radius 2 is 1.72 bits per heavy atom. The fraction of sp³-hybridized carbons (Fsp3) is 0.476. The molecule has 4 heteroatoms. The Balaban J connectivity index is 1.79. The first-order valence-corrected chi connectivity index (χ1v) is 9.53. The number of nitrogens with zero attached hydrogens (tertiary/aromatic N) is 3. The lowest BCUT2D eigenvalue weighted by Crippen LogP contribution is -2.20. The predicted molar refractivity (Wildman–Crippen MR) is 103 cm³/mol. The summed E-state index contributed by atoms with van der Waals surface area (Å²) in [4.78, 5) is 13.7. The standard InChI is InChI=1S/C21H26N4/c1-24-11-5-9-17(24)15-13-22-20(18-10-6-12-25(18)2)21-19(15)14-7-3-4-8-16(14)23-21/h3-4,7-8,13,17-18,23H,5-6,9-12H2,1-2H3/t17-,18-/m0/s1. The Morgan fingerprint density at radius 3 is 2.44 bits per heavy atom. The molecule has 4 heterocycles. The maximum Gasteiger partial charge on any atom is 0.0816 e. The van der Waals surface area contributed by atoms with E-state index in [0.29, 0.717) is 12.1 Å². The minimum absolute atomic E-state index is 0.436. The highest BCUT2D eigenvalue weighted by Crippen LogP contribution is 2.41. The summed E-state index contributed by atoms with van der Waals surface area (Å²) in [6, 6.07) is 9.65. The maximum atomic E-state index is 5.01. The molecular weight excluding hydrogens is 308 g/mol. The van der Waals surface area contributed by atoms with Crippen molar-refractivity contribution in [2.45, 2.75) is 37.8 Å². The summed E-state index contributed by atoms with van der Waals surface area (Å²) in [5, 5.41) is 2.75. The zero-order chi connectivity index (χ0) is 17.0. The minimum atomic E-state index is 0.436. The van der Waals surface area contributed by atoms with Crippen LogP contribution in [0.25, 0.3) is 21.8 Å². The van der Waals surface area contributed by atoms with Crippen molar-refractivity contribution in [3.8, 4) is 0 Å². The molecule has 0 radical (unpaired) electrons. The normalized spacial score (nSPS) is 25.5. The third kappa shape index (κ3) is 2.31. The van der Waals surface area contributed by atoms with Crippen molar-refractivity contribution in [2.75, 3.05) is 27.2 Å². The van der Waals surface area contributed by atoms with Crippen molar-refractivity contribution in [3.05, 3.63) is 41.7 Å². The number of fused-ring (bicyclic) bond motifs is 3. The number of benzene rings is 1. The van der Waals surface area contributed by atoms with Crippen molar-refractivity contribution in [2.24, 2.45) is 0 Å². The van der Waals surface area contributed by atoms with Gasteiger partial charge in [-0.15, -0.1) is 0 Å². The Hall–Kier alpha value is -1.91. The lowest BCUT2D eigenvalue weighted by Gasteiger charge is -2.23. The zero-order valence-electron chi connectivity index (χ0n) is 15.1. The van der Waals surface area contributed by atoms with Crippen LogP contribution < -0.4 is 0 Å². The summed E-state index contributed by atoms with van der Waals surface area (Å²) < 4.78 is 0. The largest absolute Gasteiger partial charge is 0.353 e. The smallest absolute Gasteiger partial charge is 0.0816 e. The topological polar surface area (TPSA) is 35.2 Å². The molecule has 2 fully saturated rings. The number of hydrogen-bond donors (Lipinski definition) is 1. The molecule has 0 aliphatic carbocycles. The van der Waals surface area contributed by atoms with Crippen molar-refractivity contribution >= 4 is 21.8 Å². The zero-order valence-corrected chi connectivity index (χ0v) is 15.1. The summed E-state index contributed by atoms with van der Waals surface area (Å²) in [7, 11) is 4.48. The Morgan fingerprint density at radius 1 is 1.00 bits per heavy atom. The Labute approximate surface area is 148 Å². The summed E-state index contributed by atoms with van der Waals surface area (Å²) in [5.74, 6) is 0. The molecule has 2 saturated heterocycles. The molecule has 1 aromatic carbocycles. The predicted octanol–water partition coefficient (Wildman–Crippen LogP) is 4.25. The second kappa shape index (κ2) is 5.82. The van der Waals surface area contributed by atoms with Gasteiger partial charge < -0.3 is 4.98 Å². The lowest BCUT2D eigenvalue weighted by atomic mass is 9.98. The number of aromatic nitrogens is 2. The second-order valence-corrected chi connectivity index (χ2v) is 7.80. The van der Waals surface area contributed by atoms with Gasteiger partial charge >= 0.3 is 0 Å². The third-order valence-corrected chi connectivity index (χ3v) is 6.31. The van der Waals surface area contributed by atoms with Crippen LogP contribution in [-0.2, 0) is 0 Å². The molecule has 25 heavy (non-hydrogen) atoms. The highest BCUT2D eigenvalue weighted by atomic mass is 15.2. The van der Waals surface area contributed by atoms with Crippen molar-refractivity contribution in [1.29, 1.82) is 0 Å². The molecule has 2 atom stereocenters. The maximum absolute atomic E-state index is 5.01. The van der Waals surface area contributed by atoms with E-state index in [2.05, 4.69) is 59.3 Å². The first kappa shape index (κ1) is 15.4. The molecule has 3 aromatic rings. The van der Waals surface area contributed by atoms with E-state index in [9.17, 15) is 0 Å². The molecule has 0 unspecified atom stereocenters. The van der Waals surface area contributed by atoms with E-state index >= 15 is 0 Å². The van der Waals surface area contributed by atoms with Crippen LogP contribution in [0.2, 0.25) is 0 Å². The summed E-state index contributed by atoms with van der Waals surface area (Å²) in [6.07, 6.45) is 7.15. The Bertz CT molecular complexity index is 928. The molecule has 0 spiro atoms. The van der Waals surface area contributed by atoms with Crippen LogP contribution in [0.1, 0.15) is 49.0 Å². The van der Waals surface area contributed by atoms with Crippen LogP contribution in [0.5, 0.6) is 0 Å².